The summed E-state index contributed by atoms with van der Waals surface area (Å²) in [7, 11) is 3.26. The first kappa shape index (κ1) is 42.6. The van der Waals surface area contributed by atoms with Crippen LogP contribution in [-0.2, 0) is 29.0 Å². The highest BCUT2D eigenvalue weighted by atomic mass is 16.6. The van der Waals surface area contributed by atoms with Gasteiger partial charge in [-0.05, 0) is 98.0 Å². The van der Waals surface area contributed by atoms with Gasteiger partial charge in [-0.3, -0.25) is 9.69 Å². The number of rotatable bonds is 15. The number of aliphatic hydroxyl groups excluding tert-OH is 3. The maximum Gasteiger partial charge on any atom is 0.408 e. The molecule has 5 N–H and O–H groups in total. The molecule has 1 aromatic heterocycles. The Bertz CT molecular complexity index is 2170. The summed E-state index contributed by atoms with van der Waals surface area (Å²) in [5.74, 6) is 0.285. The highest BCUT2D eigenvalue weighted by molar-refractivity contribution is 5.91. The van der Waals surface area contributed by atoms with E-state index in [0.717, 1.165) is 50.9 Å². The maximum atomic E-state index is 13.5. The summed E-state index contributed by atoms with van der Waals surface area (Å²) in [4.78, 5) is 35.1. The Morgan fingerprint density at radius 3 is 2.10 bits per heavy atom. The van der Waals surface area contributed by atoms with Crippen LogP contribution in [0, 0.1) is 0 Å². The standard InChI is InChI=1S/C46H55N5O8/c1-46(2,3)59-45(56)48-40(26-34-28-47-39-18-7-6-17-38(34)39)43(54)49-19-21-50(22-20-49)44(55)42(53)27-41(52)33-13-10-14-35(25-33)51(29-31-11-8-15-36(23-31)57-4)30-32-12-9-16-37(24-32)58-5/h6-18,23-25,27-28,40-41,43,47,52-54H,19-22,26,29-30H2,1-5H3,(H,48,56)/b42-27-/t40-,41-,43-/m0/s1. The number of carbonyl (C=O) groups is 2. The smallest absolute Gasteiger partial charge is 0.408 e. The molecule has 0 bridgehead atoms. The molecule has 0 saturated carbocycles. The van der Waals surface area contributed by atoms with Crippen LogP contribution in [0.15, 0.2) is 115 Å². The molecule has 5 aromatic rings. The molecule has 1 fully saturated rings. The van der Waals surface area contributed by atoms with Crippen LogP contribution in [0.2, 0.25) is 0 Å². The molecule has 6 rings (SSSR count). The SMILES string of the molecule is COc1cccc(CN(Cc2cccc(OC)c2)c2cccc([C@@H](O)/C=C(\O)C(=O)N3CCN([C@@H](O)[C@H](Cc4c[nH]c5ccccc45)NC(=O)OC(C)(C)C)CC3)c2)c1. The lowest BCUT2D eigenvalue weighted by molar-refractivity contribution is -0.134. The van der Waals surface area contributed by atoms with Crippen LogP contribution in [0.3, 0.4) is 0 Å². The van der Waals surface area contributed by atoms with Crippen molar-refractivity contribution in [2.24, 2.45) is 0 Å². The Morgan fingerprint density at radius 2 is 1.47 bits per heavy atom. The topological polar surface area (TPSA) is 160 Å². The van der Waals surface area contributed by atoms with E-state index in [9.17, 15) is 24.9 Å². The van der Waals surface area contributed by atoms with Crippen molar-refractivity contribution in [2.45, 2.75) is 64.3 Å². The highest BCUT2D eigenvalue weighted by Gasteiger charge is 2.33. The molecule has 2 amide bonds. The van der Waals surface area contributed by atoms with Crippen molar-refractivity contribution in [3.8, 4) is 11.5 Å². The predicted octanol–water partition coefficient (Wildman–Crippen LogP) is 6.47. The Kier molecular flexibility index (Phi) is 13.8. The van der Waals surface area contributed by atoms with Crippen LogP contribution in [-0.4, -0.2) is 100 Å². The van der Waals surface area contributed by atoms with Gasteiger partial charge in [-0.15, -0.1) is 0 Å². The minimum Gasteiger partial charge on any atom is -0.503 e. The van der Waals surface area contributed by atoms with Crippen molar-refractivity contribution in [3.05, 3.63) is 137 Å². The van der Waals surface area contributed by atoms with E-state index in [1.807, 2.05) is 97.2 Å². The number of H-pyrrole nitrogens is 1. The van der Waals surface area contributed by atoms with Gasteiger partial charge in [0.25, 0.3) is 5.91 Å². The van der Waals surface area contributed by atoms with E-state index in [-0.39, 0.29) is 26.2 Å². The second-order valence-electron chi connectivity index (χ2n) is 15.7. The summed E-state index contributed by atoms with van der Waals surface area (Å²) < 4.78 is 16.4. The molecule has 13 heteroatoms. The number of alkyl carbamates (subject to hydrolysis) is 1. The first-order chi connectivity index (χ1) is 28.3. The summed E-state index contributed by atoms with van der Waals surface area (Å²) in [6.07, 6.45) is 0.333. The fraction of sp³-hybridized carbons (Fsp3) is 0.348. The number of nitrogens with zero attached hydrogens (tertiary/aromatic N) is 3. The van der Waals surface area contributed by atoms with Crippen molar-refractivity contribution in [3.63, 3.8) is 0 Å². The van der Waals surface area contributed by atoms with Gasteiger partial charge in [0.05, 0.1) is 20.3 Å². The van der Waals surface area contributed by atoms with Crippen molar-refractivity contribution in [1.82, 2.24) is 20.1 Å². The third-order valence-corrected chi connectivity index (χ3v) is 10.3. The molecule has 312 valence electrons. The number of aromatic amines is 1. The molecule has 1 saturated heterocycles. The first-order valence-electron chi connectivity index (χ1n) is 19.8. The maximum absolute atomic E-state index is 13.5. The Hall–Kier alpha value is -6.02. The minimum atomic E-state index is -1.28. The Balaban J connectivity index is 1.12. The number of aromatic nitrogens is 1. The molecule has 1 aliphatic heterocycles. The molecular formula is C46H55N5O8. The van der Waals surface area contributed by atoms with Crippen LogP contribution in [0.4, 0.5) is 10.5 Å². The summed E-state index contributed by atoms with van der Waals surface area (Å²) in [5.41, 5.74) is 4.51. The minimum absolute atomic E-state index is 0.203. The Labute approximate surface area is 345 Å². The average Bonchev–Trinajstić information content (AvgIpc) is 3.64. The number of hydrogen-bond acceptors (Lipinski definition) is 10. The van der Waals surface area contributed by atoms with Crippen molar-refractivity contribution in [2.75, 3.05) is 45.3 Å². The number of hydrogen-bond donors (Lipinski definition) is 5. The number of aliphatic hydroxyl groups is 3. The zero-order chi connectivity index (χ0) is 42.1. The van der Waals surface area contributed by atoms with Gasteiger partial charge in [0, 0.05) is 62.1 Å². The molecule has 0 unspecified atom stereocenters. The van der Waals surface area contributed by atoms with Crippen molar-refractivity contribution in [1.29, 1.82) is 0 Å². The number of carbonyl (C=O) groups excluding carboxylic acids is 2. The number of anilines is 1. The fourth-order valence-electron chi connectivity index (χ4n) is 7.28. The van der Waals surface area contributed by atoms with Gasteiger partial charge in [-0.1, -0.05) is 54.6 Å². The van der Waals surface area contributed by atoms with Crippen molar-refractivity contribution >= 4 is 28.6 Å². The molecule has 0 radical (unpaired) electrons. The van der Waals surface area contributed by atoms with Gasteiger partial charge in [0.2, 0.25) is 0 Å². The number of methoxy groups -OCH3 is 2. The third-order valence-electron chi connectivity index (χ3n) is 10.3. The summed E-state index contributed by atoms with van der Waals surface area (Å²) in [5, 5.41) is 37.8. The lowest BCUT2D eigenvalue weighted by Gasteiger charge is -2.40. The lowest BCUT2D eigenvalue weighted by Crippen LogP contribution is -2.59. The van der Waals surface area contributed by atoms with Gasteiger partial charge in [0.15, 0.2) is 5.76 Å². The molecule has 4 aromatic carbocycles. The summed E-state index contributed by atoms with van der Waals surface area (Å²) in [6.45, 7) is 7.37. The van der Waals surface area contributed by atoms with Gasteiger partial charge in [-0.2, -0.15) is 0 Å². The van der Waals surface area contributed by atoms with E-state index in [4.69, 9.17) is 14.2 Å². The lowest BCUT2D eigenvalue weighted by atomic mass is 10.0. The highest BCUT2D eigenvalue weighted by Crippen LogP contribution is 2.28. The van der Waals surface area contributed by atoms with Gasteiger partial charge < -0.3 is 49.6 Å². The van der Waals surface area contributed by atoms with Crippen LogP contribution < -0.4 is 19.7 Å². The first-order valence-corrected chi connectivity index (χ1v) is 19.8. The molecule has 59 heavy (non-hydrogen) atoms. The van der Waals surface area contributed by atoms with Crippen molar-refractivity contribution < 1.29 is 39.1 Å². The fourth-order valence-corrected chi connectivity index (χ4v) is 7.28. The number of piperazine rings is 1. The zero-order valence-corrected chi connectivity index (χ0v) is 34.3. The van der Waals surface area contributed by atoms with Crippen LogP contribution in [0.25, 0.3) is 10.9 Å². The van der Waals surface area contributed by atoms with E-state index in [2.05, 4.69) is 15.2 Å². The van der Waals surface area contributed by atoms with E-state index in [0.29, 0.717) is 25.1 Å². The second kappa shape index (κ2) is 19.2. The Morgan fingerprint density at radius 1 is 0.847 bits per heavy atom. The van der Waals surface area contributed by atoms with E-state index < -0.39 is 41.7 Å². The number of nitrogens with one attached hydrogen (secondary N) is 2. The predicted molar refractivity (Wildman–Crippen MR) is 227 cm³/mol. The number of benzene rings is 4. The van der Waals surface area contributed by atoms with Gasteiger partial charge in [-0.25, -0.2) is 4.79 Å². The van der Waals surface area contributed by atoms with E-state index >= 15 is 0 Å². The van der Waals surface area contributed by atoms with E-state index in [1.54, 1.807) is 46.0 Å². The van der Waals surface area contributed by atoms with E-state index in [1.165, 1.54) is 4.90 Å². The molecule has 3 atom stereocenters. The summed E-state index contributed by atoms with van der Waals surface area (Å²) in [6, 6.07) is 30.2. The molecule has 0 aliphatic carbocycles. The molecule has 1 aliphatic rings. The normalized spacial score (nSPS) is 15.3. The molecule has 2 heterocycles. The largest absolute Gasteiger partial charge is 0.503 e. The molecule has 13 nitrogen and oxygen atoms in total. The quantitative estimate of drug-likeness (QED) is 0.0587. The number of para-hydroxylation sites is 1. The third kappa shape index (κ3) is 11.3. The average molecular weight is 806 g/mol. The van der Waals surface area contributed by atoms with Crippen LogP contribution in [0.1, 0.15) is 49.1 Å². The molecule has 0 spiro atoms. The zero-order valence-electron chi connectivity index (χ0n) is 34.3. The van der Waals surface area contributed by atoms with Gasteiger partial charge in [0.1, 0.15) is 29.4 Å². The molecular weight excluding hydrogens is 751 g/mol. The van der Waals surface area contributed by atoms with Crippen LogP contribution in [0.5, 0.6) is 11.5 Å². The second-order valence-corrected chi connectivity index (χ2v) is 15.7. The van der Waals surface area contributed by atoms with Gasteiger partial charge >= 0.3 is 6.09 Å². The number of fused-ring (bicyclic) bond motifs is 1. The monoisotopic (exact) mass is 805 g/mol. The number of ether oxygens (including phenoxy) is 3. The summed E-state index contributed by atoms with van der Waals surface area (Å²) >= 11 is 0. The number of amides is 2. The van der Waals surface area contributed by atoms with Crippen LogP contribution >= 0.6 is 0 Å².